The Bertz CT molecular complexity index is 874. The Labute approximate surface area is 148 Å². The zero-order chi connectivity index (χ0) is 18.9. The predicted octanol–water partition coefficient (Wildman–Crippen LogP) is 3.36. The van der Waals surface area contributed by atoms with Crippen LogP contribution >= 0.6 is 0 Å². The summed E-state index contributed by atoms with van der Waals surface area (Å²) in [6.45, 7) is 0.704. The maximum Gasteiger partial charge on any atom is 0.417 e. The first-order valence-electron chi connectivity index (χ1n) is 7.86. The second kappa shape index (κ2) is 6.88. The van der Waals surface area contributed by atoms with E-state index in [0.29, 0.717) is 13.1 Å². The highest BCUT2D eigenvalue weighted by Gasteiger charge is 2.39. The van der Waals surface area contributed by atoms with Crippen molar-refractivity contribution in [3.63, 3.8) is 0 Å². The molecule has 0 spiro atoms. The number of nitrogens with zero attached hydrogens (tertiary/aromatic N) is 2. The first-order chi connectivity index (χ1) is 12.2. The molecule has 0 radical (unpaired) electrons. The van der Waals surface area contributed by atoms with Gasteiger partial charge in [0.15, 0.2) is 0 Å². The van der Waals surface area contributed by atoms with Crippen LogP contribution < -0.4 is 4.90 Å². The van der Waals surface area contributed by atoms with Gasteiger partial charge in [0.25, 0.3) is 0 Å². The molecule has 0 saturated carbocycles. The van der Waals surface area contributed by atoms with Crippen LogP contribution in [-0.4, -0.2) is 38.9 Å². The molecule has 26 heavy (non-hydrogen) atoms. The molecule has 0 aromatic heterocycles. The molecular weight excluding hydrogens is 372 g/mol. The van der Waals surface area contributed by atoms with Gasteiger partial charge in [0.2, 0.25) is 10.0 Å². The van der Waals surface area contributed by atoms with Crippen molar-refractivity contribution < 1.29 is 26.0 Å². The van der Waals surface area contributed by atoms with Crippen LogP contribution in [0.4, 0.5) is 23.2 Å². The van der Waals surface area contributed by atoms with Crippen molar-refractivity contribution in [3.8, 4) is 0 Å². The van der Waals surface area contributed by atoms with Gasteiger partial charge in [-0.3, -0.25) is 0 Å². The van der Waals surface area contributed by atoms with Crippen molar-refractivity contribution in [2.45, 2.75) is 11.1 Å². The highest BCUT2D eigenvalue weighted by Crippen LogP contribution is 2.35. The lowest BCUT2D eigenvalue weighted by Gasteiger charge is -2.35. The number of anilines is 1. The molecule has 1 aliphatic rings. The summed E-state index contributed by atoms with van der Waals surface area (Å²) in [4.78, 5) is 1.13. The smallest absolute Gasteiger partial charge is 0.369 e. The van der Waals surface area contributed by atoms with Crippen LogP contribution in [-0.2, 0) is 16.2 Å². The molecular formula is C17H16F4N2O2S. The number of rotatable bonds is 3. The van der Waals surface area contributed by atoms with Crippen molar-refractivity contribution in [3.05, 3.63) is 59.9 Å². The van der Waals surface area contributed by atoms with Gasteiger partial charge in [0.1, 0.15) is 5.82 Å². The number of alkyl halides is 3. The van der Waals surface area contributed by atoms with E-state index in [1.165, 1.54) is 18.2 Å². The minimum absolute atomic E-state index is 0.0475. The van der Waals surface area contributed by atoms with Gasteiger partial charge in [-0.15, -0.1) is 0 Å². The lowest BCUT2D eigenvalue weighted by atomic mass is 10.2. The largest absolute Gasteiger partial charge is 0.417 e. The molecule has 0 unspecified atom stereocenters. The van der Waals surface area contributed by atoms with Gasteiger partial charge >= 0.3 is 6.18 Å². The topological polar surface area (TPSA) is 40.6 Å². The molecule has 2 aromatic carbocycles. The van der Waals surface area contributed by atoms with E-state index in [4.69, 9.17) is 0 Å². The standard InChI is InChI=1S/C17H16F4N2O2S/c18-13-5-7-14(8-6-13)22-9-11-23(12-10-22)26(24,25)16-4-2-1-3-15(16)17(19,20)21/h1-8H,9-12H2. The van der Waals surface area contributed by atoms with Crippen LogP contribution in [0.1, 0.15) is 5.56 Å². The molecule has 1 heterocycles. The Morgan fingerprint density at radius 2 is 1.42 bits per heavy atom. The summed E-state index contributed by atoms with van der Waals surface area (Å²) >= 11 is 0. The molecule has 140 valence electrons. The first kappa shape index (κ1) is 18.7. The third kappa shape index (κ3) is 3.68. The number of halogens is 4. The van der Waals surface area contributed by atoms with Crippen LogP contribution in [0, 0.1) is 5.82 Å². The summed E-state index contributed by atoms with van der Waals surface area (Å²) in [5.41, 5.74) is -0.430. The molecule has 1 aliphatic heterocycles. The second-order valence-corrected chi connectivity index (χ2v) is 7.77. The molecule has 0 atom stereocenters. The first-order valence-corrected chi connectivity index (χ1v) is 9.30. The summed E-state index contributed by atoms with van der Waals surface area (Å²) < 4.78 is 78.9. The Hall–Kier alpha value is -2.13. The fourth-order valence-corrected chi connectivity index (χ4v) is 4.54. The Kier molecular flexibility index (Phi) is 4.94. The Morgan fingerprint density at radius 3 is 2.00 bits per heavy atom. The molecule has 0 bridgehead atoms. The molecule has 1 fully saturated rings. The molecule has 3 rings (SSSR count). The van der Waals surface area contributed by atoms with Crippen LogP contribution in [0.2, 0.25) is 0 Å². The minimum atomic E-state index is -4.75. The molecule has 2 aromatic rings. The van der Waals surface area contributed by atoms with Crippen molar-refractivity contribution in [2.75, 3.05) is 31.1 Å². The fourth-order valence-electron chi connectivity index (χ4n) is 2.90. The maximum atomic E-state index is 13.1. The summed E-state index contributed by atoms with van der Waals surface area (Å²) in [6, 6.07) is 9.95. The maximum absolute atomic E-state index is 13.1. The molecule has 9 heteroatoms. The molecule has 0 amide bonds. The van der Waals surface area contributed by atoms with E-state index in [2.05, 4.69) is 0 Å². The van der Waals surface area contributed by atoms with Crippen molar-refractivity contribution in [1.82, 2.24) is 4.31 Å². The van der Waals surface area contributed by atoms with Crippen molar-refractivity contribution >= 4 is 15.7 Å². The van der Waals surface area contributed by atoms with Gasteiger partial charge < -0.3 is 4.90 Å². The van der Waals surface area contributed by atoms with Gasteiger partial charge in [-0.2, -0.15) is 17.5 Å². The van der Waals surface area contributed by atoms with E-state index in [1.807, 2.05) is 4.90 Å². The van der Waals surface area contributed by atoms with Crippen LogP contribution in [0.3, 0.4) is 0 Å². The quantitative estimate of drug-likeness (QED) is 0.758. The van der Waals surface area contributed by atoms with E-state index in [0.717, 1.165) is 28.2 Å². The lowest BCUT2D eigenvalue weighted by molar-refractivity contribution is -0.139. The minimum Gasteiger partial charge on any atom is -0.369 e. The molecule has 4 nitrogen and oxygen atoms in total. The average Bonchev–Trinajstić information content (AvgIpc) is 2.62. The number of sulfonamides is 1. The molecule has 0 aliphatic carbocycles. The van der Waals surface area contributed by atoms with Crippen LogP contribution in [0.15, 0.2) is 53.4 Å². The second-order valence-electron chi connectivity index (χ2n) is 5.86. The van der Waals surface area contributed by atoms with E-state index < -0.39 is 26.7 Å². The van der Waals surface area contributed by atoms with Gasteiger partial charge in [-0.05, 0) is 36.4 Å². The summed E-state index contributed by atoms with van der Waals surface area (Å²) in [7, 11) is -4.26. The van der Waals surface area contributed by atoms with E-state index in [-0.39, 0.29) is 18.9 Å². The number of benzene rings is 2. The number of hydrogen-bond acceptors (Lipinski definition) is 3. The van der Waals surface area contributed by atoms with Gasteiger partial charge in [0, 0.05) is 31.9 Å². The van der Waals surface area contributed by atoms with Gasteiger partial charge in [0.05, 0.1) is 10.5 Å². The fraction of sp³-hybridized carbons (Fsp3) is 0.294. The third-order valence-electron chi connectivity index (χ3n) is 4.24. The van der Waals surface area contributed by atoms with Crippen molar-refractivity contribution in [1.29, 1.82) is 0 Å². The zero-order valence-corrected chi connectivity index (χ0v) is 14.4. The lowest BCUT2D eigenvalue weighted by Crippen LogP contribution is -2.49. The van der Waals surface area contributed by atoms with E-state index in [1.54, 1.807) is 12.1 Å². The van der Waals surface area contributed by atoms with Crippen LogP contribution in [0.5, 0.6) is 0 Å². The SMILES string of the molecule is O=S(=O)(c1ccccc1C(F)(F)F)N1CCN(c2ccc(F)cc2)CC1. The number of hydrogen-bond donors (Lipinski definition) is 0. The third-order valence-corrected chi connectivity index (χ3v) is 6.20. The summed E-state index contributed by atoms with van der Waals surface area (Å²) in [5.74, 6) is -0.376. The predicted molar refractivity (Wildman–Crippen MR) is 88.8 cm³/mol. The molecule has 1 saturated heterocycles. The highest BCUT2D eigenvalue weighted by molar-refractivity contribution is 7.89. The van der Waals surface area contributed by atoms with Crippen molar-refractivity contribution in [2.24, 2.45) is 0 Å². The average molecular weight is 388 g/mol. The highest BCUT2D eigenvalue weighted by atomic mass is 32.2. The normalized spacial score (nSPS) is 16.7. The van der Waals surface area contributed by atoms with Gasteiger partial charge in [-0.1, -0.05) is 12.1 Å². The van der Waals surface area contributed by atoms with Gasteiger partial charge in [-0.25, -0.2) is 12.8 Å². The summed E-state index contributed by atoms with van der Waals surface area (Å²) in [6.07, 6.45) is -4.75. The van der Waals surface area contributed by atoms with Crippen LogP contribution in [0.25, 0.3) is 0 Å². The summed E-state index contributed by atoms with van der Waals surface area (Å²) in [5, 5.41) is 0. The monoisotopic (exact) mass is 388 g/mol. The van der Waals surface area contributed by atoms with E-state index >= 15 is 0 Å². The Morgan fingerprint density at radius 1 is 0.846 bits per heavy atom. The number of piperazine rings is 1. The zero-order valence-electron chi connectivity index (χ0n) is 13.6. The Balaban J connectivity index is 1.80. The van der Waals surface area contributed by atoms with E-state index in [9.17, 15) is 26.0 Å². The molecule has 0 N–H and O–H groups in total.